The summed E-state index contributed by atoms with van der Waals surface area (Å²) in [7, 11) is 3.04. The van der Waals surface area contributed by atoms with Gasteiger partial charge in [0.25, 0.3) is 0 Å². The van der Waals surface area contributed by atoms with Gasteiger partial charge in [0.1, 0.15) is 11.4 Å². The Bertz CT molecular complexity index is 905. The Balaban J connectivity index is 0.000000311. The number of halogens is 1. The molecule has 2 N–H and O–H groups in total. The third kappa shape index (κ3) is 8.16. The third-order valence-corrected chi connectivity index (χ3v) is 4.53. The van der Waals surface area contributed by atoms with E-state index < -0.39 is 10.8 Å². The molecule has 0 unspecified atom stereocenters. The number of ether oxygens (including phenoxy) is 2. The van der Waals surface area contributed by atoms with Gasteiger partial charge in [-0.25, -0.2) is 9.97 Å². The van der Waals surface area contributed by atoms with E-state index in [9.17, 15) is 9.59 Å². The second-order valence-corrected chi connectivity index (χ2v) is 9.50. The molecule has 0 saturated heterocycles. The van der Waals surface area contributed by atoms with Crippen LogP contribution in [-0.2, 0) is 9.59 Å². The predicted octanol–water partition coefficient (Wildman–Crippen LogP) is 4.91. The first kappa shape index (κ1) is 26.4. The van der Waals surface area contributed by atoms with Crippen LogP contribution < -0.4 is 20.1 Å². The first-order chi connectivity index (χ1) is 14.3. The van der Waals surface area contributed by atoms with Crippen LogP contribution >= 0.6 is 15.9 Å². The maximum Gasteiger partial charge on any atom is 0.238 e. The van der Waals surface area contributed by atoms with Crippen molar-refractivity contribution in [2.75, 3.05) is 24.9 Å². The van der Waals surface area contributed by atoms with Gasteiger partial charge in [-0.1, -0.05) is 41.5 Å². The molecule has 2 heterocycles. The molecule has 2 amide bonds. The monoisotopic (exact) mass is 494 g/mol. The van der Waals surface area contributed by atoms with Gasteiger partial charge >= 0.3 is 0 Å². The van der Waals surface area contributed by atoms with Crippen molar-refractivity contribution in [1.29, 1.82) is 0 Å². The number of nitrogens with one attached hydrogen (secondary N) is 2. The molecule has 0 aliphatic rings. The van der Waals surface area contributed by atoms with Crippen LogP contribution in [0.3, 0.4) is 0 Å². The molecule has 9 heteroatoms. The summed E-state index contributed by atoms with van der Waals surface area (Å²) in [4.78, 5) is 31.6. The summed E-state index contributed by atoms with van der Waals surface area (Å²) >= 11 is 3.35. The van der Waals surface area contributed by atoms with E-state index in [2.05, 4.69) is 36.5 Å². The van der Waals surface area contributed by atoms with Crippen molar-refractivity contribution < 1.29 is 19.1 Å². The minimum atomic E-state index is -0.458. The van der Waals surface area contributed by atoms with Crippen LogP contribution in [0.5, 0.6) is 11.8 Å². The van der Waals surface area contributed by atoms with Gasteiger partial charge < -0.3 is 20.1 Å². The van der Waals surface area contributed by atoms with E-state index in [1.807, 2.05) is 41.5 Å². The van der Waals surface area contributed by atoms with Crippen molar-refractivity contribution in [2.24, 2.45) is 10.8 Å². The lowest BCUT2D eigenvalue weighted by molar-refractivity contribution is -0.123. The van der Waals surface area contributed by atoms with Gasteiger partial charge in [0.05, 0.1) is 14.2 Å². The molecular weight excluding hydrogens is 464 g/mol. The topological polar surface area (TPSA) is 102 Å². The molecule has 0 spiro atoms. The summed E-state index contributed by atoms with van der Waals surface area (Å²) in [5, 5.41) is 5.57. The van der Waals surface area contributed by atoms with Crippen molar-refractivity contribution >= 4 is 39.1 Å². The minimum Gasteiger partial charge on any atom is -0.480 e. The molecular formula is C22H31BrN4O4. The van der Waals surface area contributed by atoms with Gasteiger partial charge in [0.2, 0.25) is 23.6 Å². The summed E-state index contributed by atoms with van der Waals surface area (Å²) in [6, 6.07) is 5.26. The Morgan fingerprint density at radius 3 is 1.87 bits per heavy atom. The molecule has 0 bridgehead atoms. The summed E-state index contributed by atoms with van der Waals surface area (Å²) in [5.41, 5.74) is 0.270. The van der Waals surface area contributed by atoms with Crippen molar-refractivity contribution in [3.63, 3.8) is 0 Å². The number of carbonyl (C=O) groups is 2. The summed E-state index contributed by atoms with van der Waals surface area (Å²) in [5.74, 6) is 0.676. The molecule has 0 radical (unpaired) electrons. The normalized spacial score (nSPS) is 11.0. The zero-order chi connectivity index (χ0) is 23.8. The number of aromatic nitrogens is 2. The van der Waals surface area contributed by atoms with Gasteiger partial charge in [-0.15, -0.1) is 0 Å². The molecule has 0 aliphatic carbocycles. The summed E-state index contributed by atoms with van der Waals surface area (Å²) in [6.07, 6.45) is 3.22. The number of pyridine rings is 2. The lowest BCUT2D eigenvalue weighted by atomic mass is 9.95. The molecule has 31 heavy (non-hydrogen) atoms. The Morgan fingerprint density at radius 2 is 1.35 bits per heavy atom. The molecule has 0 fully saturated rings. The minimum absolute atomic E-state index is 0.0613. The standard InChI is InChI=1S/C11H15BrN2O2.C11H16N2O2/c1-11(2,3)10(15)14-8-7(12)5-6-13-9(8)16-4;1-11(2,3)10(14)13-8-6-5-7-12-9(8)15-4/h5-6H,1-4H3,(H,14,15);5-7H,1-4H3,(H,13,14). The Hall–Kier alpha value is -2.68. The SMILES string of the molecule is COc1nccc(Br)c1NC(=O)C(C)(C)C.COc1ncccc1NC(=O)C(C)(C)C. The van der Waals surface area contributed by atoms with E-state index in [0.29, 0.717) is 23.1 Å². The number of rotatable bonds is 4. The van der Waals surface area contributed by atoms with Crippen molar-refractivity contribution in [3.05, 3.63) is 35.1 Å². The Morgan fingerprint density at radius 1 is 0.839 bits per heavy atom. The van der Waals surface area contributed by atoms with Crippen molar-refractivity contribution in [2.45, 2.75) is 41.5 Å². The quantitative estimate of drug-likeness (QED) is 0.625. The van der Waals surface area contributed by atoms with Crippen LogP contribution in [0.4, 0.5) is 11.4 Å². The number of hydrogen-bond donors (Lipinski definition) is 2. The highest BCUT2D eigenvalue weighted by Gasteiger charge is 2.24. The van der Waals surface area contributed by atoms with E-state index in [4.69, 9.17) is 9.47 Å². The molecule has 2 aromatic rings. The largest absolute Gasteiger partial charge is 0.480 e. The number of carbonyl (C=O) groups excluding carboxylic acids is 2. The van der Waals surface area contributed by atoms with Gasteiger partial charge in [-0.3, -0.25) is 9.59 Å². The number of amides is 2. The van der Waals surface area contributed by atoms with Crippen LogP contribution in [0.1, 0.15) is 41.5 Å². The Kier molecular flexibility index (Phi) is 9.42. The van der Waals surface area contributed by atoms with E-state index in [1.165, 1.54) is 14.2 Å². The van der Waals surface area contributed by atoms with Crippen LogP contribution in [0.25, 0.3) is 0 Å². The smallest absolute Gasteiger partial charge is 0.238 e. The average molecular weight is 495 g/mol. The lowest BCUT2D eigenvalue weighted by Crippen LogP contribution is -2.28. The fourth-order valence-corrected chi connectivity index (χ4v) is 2.33. The number of nitrogens with zero attached hydrogens (tertiary/aromatic N) is 2. The first-order valence-corrected chi connectivity index (χ1v) is 10.4. The number of hydrogen-bond acceptors (Lipinski definition) is 6. The zero-order valence-corrected chi connectivity index (χ0v) is 20.9. The van der Waals surface area contributed by atoms with Crippen molar-refractivity contribution in [3.8, 4) is 11.8 Å². The number of methoxy groups -OCH3 is 2. The lowest BCUT2D eigenvalue weighted by Gasteiger charge is -2.19. The molecule has 0 aliphatic heterocycles. The van der Waals surface area contributed by atoms with Gasteiger partial charge in [-0.05, 0) is 34.1 Å². The average Bonchev–Trinajstić information content (AvgIpc) is 2.68. The van der Waals surface area contributed by atoms with Gasteiger partial charge in [0, 0.05) is 27.7 Å². The molecule has 170 valence electrons. The molecule has 0 saturated carbocycles. The molecule has 8 nitrogen and oxygen atoms in total. The predicted molar refractivity (Wildman–Crippen MR) is 125 cm³/mol. The van der Waals surface area contributed by atoms with Gasteiger partial charge in [-0.2, -0.15) is 0 Å². The van der Waals surface area contributed by atoms with E-state index in [-0.39, 0.29) is 11.8 Å². The fourth-order valence-electron chi connectivity index (χ4n) is 1.95. The van der Waals surface area contributed by atoms with E-state index >= 15 is 0 Å². The maximum absolute atomic E-state index is 11.8. The van der Waals surface area contributed by atoms with Crippen LogP contribution in [0.2, 0.25) is 0 Å². The van der Waals surface area contributed by atoms with E-state index in [0.717, 1.165) is 4.47 Å². The second kappa shape index (κ2) is 11.1. The highest BCUT2D eigenvalue weighted by Crippen LogP contribution is 2.31. The molecule has 2 rings (SSSR count). The van der Waals surface area contributed by atoms with Crippen LogP contribution in [-0.4, -0.2) is 36.0 Å². The summed E-state index contributed by atoms with van der Waals surface area (Å²) in [6.45, 7) is 11.1. The van der Waals surface area contributed by atoms with E-state index in [1.54, 1.807) is 30.6 Å². The second-order valence-electron chi connectivity index (χ2n) is 8.65. The third-order valence-electron chi connectivity index (χ3n) is 3.87. The highest BCUT2D eigenvalue weighted by atomic mass is 79.9. The van der Waals surface area contributed by atoms with Crippen molar-refractivity contribution in [1.82, 2.24) is 9.97 Å². The van der Waals surface area contributed by atoms with Crippen LogP contribution in [0, 0.1) is 10.8 Å². The first-order valence-electron chi connectivity index (χ1n) is 9.61. The molecule has 0 aromatic carbocycles. The van der Waals surface area contributed by atoms with Crippen LogP contribution in [0.15, 0.2) is 35.1 Å². The number of anilines is 2. The van der Waals surface area contributed by atoms with Gasteiger partial charge in [0.15, 0.2) is 0 Å². The fraction of sp³-hybridized carbons (Fsp3) is 0.455. The zero-order valence-electron chi connectivity index (χ0n) is 19.3. The molecule has 2 aromatic heterocycles. The Labute approximate surface area is 192 Å². The maximum atomic E-state index is 11.8. The highest BCUT2D eigenvalue weighted by molar-refractivity contribution is 9.10. The molecule has 0 atom stereocenters. The summed E-state index contributed by atoms with van der Waals surface area (Å²) < 4.78 is 10.9.